The molecule has 6 nitrogen and oxygen atoms in total. The van der Waals surface area contributed by atoms with E-state index in [1.165, 1.54) is 5.69 Å². The molecular weight excluding hydrogens is 400 g/mol. The van der Waals surface area contributed by atoms with Gasteiger partial charge in [-0.25, -0.2) is 0 Å². The summed E-state index contributed by atoms with van der Waals surface area (Å²) in [4.78, 5) is 29.6. The van der Waals surface area contributed by atoms with Crippen LogP contribution in [-0.2, 0) is 4.79 Å². The third-order valence-corrected chi connectivity index (χ3v) is 6.66. The van der Waals surface area contributed by atoms with Gasteiger partial charge in [0.05, 0.1) is 6.54 Å². The molecule has 6 heteroatoms. The number of hydrogen-bond acceptors (Lipinski definition) is 4. The fraction of sp³-hybridized carbons (Fsp3) is 0.462. The molecule has 0 aromatic heterocycles. The van der Waals surface area contributed by atoms with Gasteiger partial charge < -0.3 is 15.5 Å². The van der Waals surface area contributed by atoms with Crippen molar-refractivity contribution < 1.29 is 9.59 Å². The zero-order chi connectivity index (χ0) is 22.3. The summed E-state index contributed by atoms with van der Waals surface area (Å²) in [5.41, 5.74) is 2.89. The molecule has 2 saturated heterocycles. The SMILES string of the molecule is Cc1ccccc1C(=O)NC1CCN(C(=O)CN2CCC(Nc3ccccc3)CC2)CC1. The molecule has 4 rings (SSSR count). The van der Waals surface area contributed by atoms with Gasteiger partial charge in [-0.2, -0.15) is 0 Å². The van der Waals surface area contributed by atoms with Gasteiger partial charge in [-0.3, -0.25) is 14.5 Å². The molecule has 2 N–H and O–H groups in total. The number of carbonyl (C=O) groups excluding carboxylic acids is 2. The van der Waals surface area contributed by atoms with Gasteiger partial charge in [0.15, 0.2) is 0 Å². The van der Waals surface area contributed by atoms with Crippen molar-refractivity contribution in [3.05, 3.63) is 65.7 Å². The smallest absolute Gasteiger partial charge is 0.251 e. The summed E-state index contributed by atoms with van der Waals surface area (Å²) in [6.45, 7) is 5.76. The largest absolute Gasteiger partial charge is 0.382 e. The predicted molar refractivity (Wildman–Crippen MR) is 128 cm³/mol. The second-order valence-corrected chi connectivity index (χ2v) is 9.00. The standard InChI is InChI=1S/C26H34N4O2/c1-20-7-5-6-10-24(20)26(32)28-23-13-17-30(18-14-23)25(31)19-29-15-11-22(12-16-29)27-21-8-3-2-4-9-21/h2-10,22-23,27H,11-19H2,1H3,(H,28,32). The van der Waals surface area contributed by atoms with Gasteiger partial charge in [-0.15, -0.1) is 0 Å². The van der Waals surface area contributed by atoms with Crippen molar-refractivity contribution in [2.45, 2.75) is 44.7 Å². The number of carbonyl (C=O) groups is 2. The monoisotopic (exact) mass is 434 g/mol. The average Bonchev–Trinajstić information content (AvgIpc) is 2.82. The number of piperidine rings is 2. The quantitative estimate of drug-likeness (QED) is 0.732. The summed E-state index contributed by atoms with van der Waals surface area (Å²) in [6, 6.07) is 18.6. The van der Waals surface area contributed by atoms with Crippen LogP contribution in [0.5, 0.6) is 0 Å². The second-order valence-electron chi connectivity index (χ2n) is 9.00. The zero-order valence-corrected chi connectivity index (χ0v) is 18.9. The van der Waals surface area contributed by atoms with Gasteiger partial charge >= 0.3 is 0 Å². The first-order chi connectivity index (χ1) is 15.6. The molecule has 32 heavy (non-hydrogen) atoms. The molecule has 0 bridgehead atoms. The highest BCUT2D eigenvalue weighted by molar-refractivity contribution is 5.95. The van der Waals surface area contributed by atoms with E-state index in [0.29, 0.717) is 25.7 Å². The van der Waals surface area contributed by atoms with Crippen LogP contribution in [0.3, 0.4) is 0 Å². The lowest BCUT2D eigenvalue weighted by molar-refractivity contribution is -0.133. The summed E-state index contributed by atoms with van der Waals surface area (Å²) in [5.74, 6) is 0.197. The van der Waals surface area contributed by atoms with Gasteiger partial charge in [-0.05, 0) is 56.4 Å². The van der Waals surface area contributed by atoms with Crippen molar-refractivity contribution in [3.63, 3.8) is 0 Å². The van der Waals surface area contributed by atoms with Crippen molar-refractivity contribution in [1.29, 1.82) is 0 Å². The molecule has 2 aromatic carbocycles. The first kappa shape index (κ1) is 22.3. The van der Waals surface area contributed by atoms with E-state index in [1.54, 1.807) is 0 Å². The van der Waals surface area contributed by atoms with Crippen LogP contribution in [-0.4, -0.2) is 66.4 Å². The summed E-state index contributed by atoms with van der Waals surface area (Å²) in [7, 11) is 0. The van der Waals surface area contributed by atoms with Crippen LogP contribution in [0, 0.1) is 6.92 Å². The average molecular weight is 435 g/mol. The Bertz CT molecular complexity index is 901. The van der Waals surface area contributed by atoms with Crippen LogP contribution in [0.1, 0.15) is 41.6 Å². The molecule has 2 aliphatic rings. The molecule has 2 fully saturated rings. The molecule has 0 atom stereocenters. The van der Waals surface area contributed by atoms with E-state index in [0.717, 1.165) is 49.9 Å². The fourth-order valence-electron chi connectivity index (χ4n) is 4.66. The number of hydrogen-bond donors (Lipinski definition) is 2. The first-order valence-electron chi connectivity index (χ1n) is 11.8. The van der Waals surface area contributed by atoms with Crippen molar-refractivity contribution >= 4 is 17.5 Å². The van der Waals surface area contributed by atoms with Crippen molar-refractivity contribution in [3.8, 4) is 0 Å². The minimum absolute atomic E-state index is 0.0140. The van der Waals surface area contributed by atoms with E-state index in [9.17, 15) is 9.59 Å². The molecule has 0 unspecified atom stereocenters. The summed E-state index contributed by atoms with van der Waals surface area (Å²) >= 11 is 0. The number of benzene rings is 2. The Morgan fingerprint density at radius 1 is 0.844 bits per heavy atom. The van der Waals surface area contributed by atoms with E-state index >= 15 is 0 Å². The number of likely N-dealkylation sites (tertiary alicyclic amines) is 2. The number of aryl methyl sites for hydroxylation is 1. The van der Waals surface area contributed by atoms with Crippen molar-refractivity contribution in [2.75, 3.05) is 38.0 Å². The molecule has 170 valence electrons. The van der Waals surface area contributed by atoms with Crippen molar-refractivity contribution in [1.82, 2.24) is 15.1 Å². The topological polar surface area (TPSA) is 64.7 Å². The zero-order valence-electron chi connectivity index (χ0n) is 18.9. The molecule has 0 radical (unpaired) electrons. The van der Waals surface area contributed by atoms with Crippen LogP contribution in [0.25, 0.3) is 0 Å². The normalized spacial score (nSPS) is 18.3. The minimum Gasteiger partial charge on any atom is -0.382 e. The summed E-state index contributed by atoms with van der Waals surface area (Å²) in [6.07, 6.45) is 3.73. The maximum Gasteiger partial charge on any atom is 0.251 e. The highest BCUT2D eigenvalue weighted by atomic mass is 16.2. The molecule has 2 aliphatic heterocycles. The molecule has 0 aliphatic carbocycles. The van der Waals surface area contributed by atoms with E-state index in [2.05, 4.69) is 27.7 Å². The highest BCUT2D eigenvalue weighted by Gasteiger charge is 2.27. The Hall–Kier alpha value is -2.86. The minimum atomic E-state index is -0.0140. The lowest BCUT2D eigenvalue weighted by Crippen LogP contribution is -2.50. The third-order valence-electron chi connectivity index (χ3n) is 6.66. The lowest BCUT2D eigenvalue weighted by atomic mass is 10.0. The molecular formula is C26H34N4O2. The van der Waals surface area contributed by atoms with E-state index < -0.39 is 0 Å². The Morgan fingerprint density at radius 3 is 2.16 bits per heavy atom. The van der Waals surface area contributed by atoms with Crippen LogP contribution in [0.4, 0.5) is 5.69 Å². The summed E-state index contributed by atoms with van der Waals surface area (Å²) in [5, 5.41) is 6.74. The maximum atomic E-state index is 12.8. The molecule has 2 heterocycles. The Balaban J connectivity index is 1.17. The van der Waals surface area contributed by atoms with Crippen molar-refractivity contribution in [2.24, 2.45) is 0 Å². The highest BCUT2D eigenvalue weighted by Crippen LogP contribution is 2.18. The van der Waals surface area contributed by atoms with Crippen LogP contribution in [0.2, 0.25) is 0 Å². The number of amides is 2. The number of nitrogens with zero attached hydrogens (tertiary/aromatic N) is 2. The molecule has 2 amide bonds. The predicted octanol–water partition coefficient (Wildman–Crippen LogP) is 3.29. The lowest BCUT2D eigenvalue weighted by Gasteiger charge is -2.36. The van der Waals surface area contributed by atoms with E-state index in [1.807, 2.05) is 54.3 Å². The molecule has 0 saturated carbocycles. The van der Waals surface area contributed by atoms with Gasteiger partial charge in [-0.1, -0.05) is 36.4 Å². The number of para-hydroxylation sites is 1. The maximum absolute atomic E-state index is 12.8. The van der Waals surface area contributed by atoms with Crippen LogP contribution in [0.15, 0.2) is 54.6 Å². The van der Waals surface area contributed by atoms with Gasteiger partial charge in [0.2, 0.25) is 5.91 Å². The second kappa shape index (κ2) is 10.6. The van der Waals surface area contributed by atoms with Gasteiger partial charge in [0.25, 0.3) is 5.91 Å². The molecule has 0 spiro atoms. The van der Waals surface area contributed by atoms with Crippen LogP contribution >= 0.6 is 0 Å². The Morgan fingerprint density at radius 2 is 1.47 bits per heavy atom. The molecule has 2 aromatic rings. The first-order valence-corrected chi connectivity index (χ1v) is 11.8. The summed E-state index contributed by atoms with van der Waals surface area (Å²) < 4.78 is 0. The van der Waals surface area contributed by atoms with Crippen LogP contribution < -0.4 is 10.6 Å². The third kappa shape index (κ3) is 5.88. The number of anilines is 1. The van der Waals surface area contributed by atoms with Gasteiger partial charge in [0, 0.05) is 49.5 Å². The Labute approximate surface area is 191 Å². The van der Waals surface area contributed by atoms with E-state index in [4.69, 9.17) is 0 Å². The van der Waals surface area contributed by atoms with E-state index in [-0.39, 0.29) is 17.9 Å². The fourth-order valence-corrected chi connectivity index (χ4v) is 4.66. The van der Waals surface area contributed by atoms with Gasteiger partial charge in [0.1, 0.15) is 0 Å². The number of rotatable bonds is 6. The Kier molecular flexibility index (Phi) is 7.43. The number of nitrogens with one attached hydrogen (secondary N) is 2.